The van der Waals surface area contributed by atoms with Crippen LogP contribution < -0.4 is 0 Å². The number of aromatic nitrogens is 2. The fourth-order valence-corrected chi connectivity index (χ4v) is 4.93. The summed E-state index contributed by atoms with van der Waals surface area (Å²) in [6.45, 7) is 6.81. The number of allylic oxidation sites excluding steroid dienone is 1. The average molecular weight is 383 g/mol. The summed E-state index contributed by atoms with van der Waals surface area (Å²) in [7, 11) is 0. The van der Waals surface area contributed by atoms with Gasteiger partial charge in [0, 0.05) is 24.3 Å². The molecule has 0 spiro atoms. The number of rotatable bonds is 5. The molecular formula is C21H22N2OS2. The minimum absolute atomic E-state index is 0.606. The monoisotopic (exact) mass is 382 g/mol. The van der Waals surface area contributed by atoms with Gasteiger partial charge in [0.05, 0.1) is 0 Å². The van der Waals surface area contributed by atoms with E-state index in [1.165, 1.54) is 17.5 Å². The van der Waals surface area contributed by atoms with Crippen molar-refractivity contribution in [2.24, 2.45) is 5.92 Å². The van der Waals surface area contributed by atoms with Crippen molar-refractivity contribution in [1.29, 1.82) is 0 Å². The van der Waals surface area contributed by atoms with Gasteiger partial charge in [0.25, 0.3) is 0 Å². The van der Waals surface area contributed by atoms with Crippen LogP contribution in [0.4, 0.5) is 0 Å². The lowest BCUT2D eigenvalue weighted by Gasteiger charge is -2.16. The van der Waals surface area contributed by atoms with E-state index < -0.39 is 0 Å². The van der Waals surface area contributed by atoms with Crippen molar-refractivity contribution in [2.45, 2.75) is 43.5 Å². The summed E-state index contributed by atoms with van der Waals surface area (Å²) in [4.78, 5) is 4.74. The summed E-state index contributed by atoms with van der Waals surface area (Å²) in [5.74, 6) is 2.63. The average Bonchev–Trinajstić information content (AvgIpc) is 3.00. The zero-order chi connectivity index (χ0) is 18.1. The van der Waals surface area contributed by atoms with Crippen LogP contribution in [0.15, 0.2) is 52.4 Å². The van der Waals surface area contributed by atoms with Gasteiger partial charge < -0.3 is 8.98 Å². The molecule has 2 heterocycles. The van der Waals surface area contributed by atoms with Gasteiger partial charge in [-0.2, -0.15) is 0 Å². The summed E-state index contributed by atoms with van der Waals surface area (Å²) in [5, 5.41) is 1.06. The lowest BCUT2D eigenvalue weighted by atomic mass is 9.89. The Morgan fingerprint density at radius 1 is 1.38 bits per heavy atom. The van der Waals surface area contributed by atoms with E-state index in [4.69, 9.17) is 21.6 Å². The van der Waals surface area contributed by atoms with Crippen LogP contribution in [0.3, 0.4) is 0 Å². The van der Waals surface area contributed by atoms with E-state index in [0.29, 0.717) is 17.2 Å². The molecule has 4 rings (SSSR count). The molecule has 1 aliphatic carbocycles. The predicted octanol–water partition coefficient (Wildman–Crippen LogP) is 5.96. The largest absolute Gasteiger partial charge is 0.456 e. The first kappa shape index (κ1) is 17.6. The summed E-state index contributed by atoms with van der Waals surface area (Å²) in [5.41, 5.74) is 4.40. The van der Waals surface area contributed by atoms with Gasteiger partial charge in [-0.1, -0.05) is 55.1 Å². The number of aryl methyl sites for hydroxylation is 1. The smallest absolute Gasteiger partial charge is 0.201 e. The summed E-state index contributed by atoms with van der Waals surface area (Å²) < 4.78 is 8.96. The van der Waals surface area contributed by atoms with Crippen molar-refractivity contribution in [3.05, 3.63) is 64.6 Å². The molecule has 26 heavy (non-hydrogen) atoms. The number of furan rings is 1. The maximum absolute atomic E-state index is 6.32. The molecule has 3 nitrogen and oxygen atoms in total. The molecule has 0 saturated carbocycles. The summed E-state index contributed by atoms with van der Waals surface area (Å²) in [6.07, 6.45) is 5.05. The number of hydrogen-bond donors (Lipinski definition) is 0. The predicted molar refractivity (Wildman–Crippen MR) is 110 cm³/mol. The molecular weight excluding hydrogens is 360 g/mol. The molecule has 1 aromatic carbocycles. The second kappa shape index (κ2) is 7.41. The van der Waals surface area contributed by atoms with Crippen molar-refractivity contribution in [2.75, 3.05) is 0 Å². The second-order valence-electron chi connectivity index (χ2n) is 6.90. The third kappa shape index (κ3) is 3.26. The van der Waals surface area contributed by atoms with E-state index in [1.54, 1.807) is 11.8 Å². The Balaban J connectivity index is 1.83. The van der Waals surface area contributed by atoms with Crippen molar-refractivity contribution in [3.63, 3.8) is 0 Å². The Morgan fingerprint density at radius 2 is 2.19 bits per heavy atom. The van der Waals surface area contributed by atoms with Crippen molar-refractivity contribution < 1.29 is 4.42 Å². The number of hydrogen-bond acceptors (Lipinski definition) is 4. The van der Waals surface area contributed by atoms with Crippen LogP contribution >= 0.6 is 24.0 Å². The fraction of sp³-hybridized carbons (Fsp3) is 0.333. The van der Waals surface area contributed by atoms with E-state index in [9.17, 15) is 0 Å². The number of fused-ring (bicyclic) bond motifs is 3. The molecule has 0 fully saturated rings. The van der Waals surface area contributed by atoms with Gasteiger partial charge in [0.1, 0.15) is 16.3 Å². The van der Waals surface area contributed by atoms with Crippen LogP contribution in [-0.4, -0.2) is 9.55 Å². The molecule has 0 saturated heterocycles. The maximum Gasteiger partial charge on any atom is 0.201 e. The van der Waals surface area contributed by atoms with E-state index in [2.05, 4.69) is 37.8 Å². The van der Waals surface area contributed by atoms with E-state index in [0.717, 1.165) is 40.5 Å². The van der Waals surface area contributed by atoms with Crippen LogP contribution in [0.5, 0.6) is 0 Å². The van der Waals surface area contributed by atoms with Crippen molar-refractivity contribution >= 4 is 35.1 Å². The molecule has 5 heteroatoms. The first-order chi connectivity index (χ1) is 12.7. The third-order valence-electron chi connectivity index (χ3n) is 4.89. The molecule has 1 atom stereocenters. The van der Waals surface area contributed by atoms with Crippen molar-refractivity contribution in [1.82, 2.24) is 9.55 Å². The highest BCUT2D eigenvalue weighted by Crippen LogP contribution is 2.38. The zero-order valence-corrected chi connectivity index (χ0v) is 16.5. The summed E-state index contributed by atoms with van der Waals surface area (Å²) >= 11 is 7.38. The Hall–Kier alpha value is -1.85. The molecule has 0 bridgehead atoms. The molecule has 3 aromatic rings. The van der Waals surface area contributed by atoms with Gasteiger partial charge in [0.15, 0.2) is 5.58 Å². The SMILES string of the molecule is C=CCn1c(SCc2ccccc2)c2oc3c(c2nc1=S)CC(C)CC3. The lowest BCUT2D eigenvalue weighted by Crippen LogP contribution is -2.10. The molecule has 1 aliphatic rings. The molecule has 134 valence electrons. The molecule has 0 amide bonds. The van der Waals surface area contributed by atoms with Gasteiger partial charge in [0.2, 0.25) is 4.77 Å². The van der Waals surface area contributed by atoms with Gasteiger partial charge in [-0.25, -0.2) is 4.98 Å². The van der Waals surface area contributed by atoms with Crippen LogP contribution in [-0.2, 0) is 25.1 Å². The maximum atomic E-state index is 6.32. The number of nitrogens with zero attached hydrogens (tertiary/aromatic N) is 2. The van der Waals surface area contributed by atoms with Gasteiger partial charge in [-0.3, -0.25) is 0 Å². The fourth-order valence-electron chi connectivity index (χ4n) is 3.53. The van der Waals surface area contributed by atoms with E-state index in [-0.39, 0.29) is 0 Å². The van der Waals surface area contributed by atoms with E-state index in [1.807, 2.05) is 16.7 Å². The molecule has 0 N–H and O–H groups in total. The number of benzene rings is 1. The Bertz CT molecular complexity index is 1000. The molecule has 0 radical (unpaired) electrons. The second-order valence-corrected chi connectivity index (χ2v) is 8.23. The van der Waals surface area contributed by atoms with Gasteiger partial charge >= 0.3 is 0 Å². The molecule has 1 unspecified atom stereocenters. The highest BCUT2D eigenvalue weighted by Gasteiger charge is 2.25. The van der Waals surface area contributed by atoms with Crippen LogP contribution in [0.1, 0.15) is 30.2 Å². The van der Waals surface area contributed by atoms with Gasteiger partial charge in [-0.15, -0.1) is 6.58 Å². The van der Waals surface area contributed by atoms with Crippen LogP contribution in [0.2, 0.25) is 0 Å². The third-order valence-corrected chi connectivity index (χ3v) is 6.36. The van der Waals surface area contributed by atoms with Crippen LogP contribution in [0, 0.1) is 10.7 Å². The highest BCUT2D eigenvalue weighted by atomic mass is 32.2. The molecule has 2 aromatic heterocycles. The lowest BCUT2D eigenvalue weighted by molar-refractivity contribution is 0.435. The zero-order valence-electron chi connectivity index (χ0n) is 14.9. The van der Waals surface area contributed by atoms with E-state index >= 15 is 0 Å². The van der Waals surface area contributed by atoms with Crippen LogP contribution in [0.25, 0.3) is 11.1 Å². The van der Waals surface area contributed by atoms with Crippen molar-refractivity contribution in [3.8, 4) is 0 Å². The first-order valence-electron chi connectivity index (χ1n) is 9.00. The molecule has 0 aliphatic heterocycles. The standard InChI is InChI=1S/C21H22N2OS2/c1-3-11-23-20(26-13-15-7-5-4-6-8-15)19-18(22-21(23)25)16-12-14(2)9-10-17(16)24-19/h3-8,14H,1,9-13H2,2H3. The minimum atomic E-state index is 0.606. The Morgan fingerprint density at radius 3 is 2.96 bits per heavy atom. The first-order valence-corrected chi connectivity index (χ1v) is 10.4. The Kier molecular flexibility index (Phi) is 5.00. The normalized spacial score (nSPS) is 16.6. The number of thioether (sulfide) groups is 1. The summed E-state index contributed by atoms with van der Waals surface area (Å²) in [6, 6.07) is 10.5. The minimum Gasteiger partial charge on any atom is -0.456 e. The Labute approximate surface area is 163 Å². The highest BCUT2D eigenvalue weighted by molar-refractivity contribution is 7.98. The quantitative estimate of drug-likeness (QED) is 0.236. The van der Waals surface area contributed by atoms with Gasteiger partial charge in [-0.05, 0) is 36.5 Å². The topological polar surface area (TPSA) is 31.0 Å².